The summed E-state index contributed by atoms with van der Waals surface area (Å²) >= 11 is 0. The summed E-state index contributed by atoms with van der Waals surface area (Å²) in [6.07, 6.45) is 6.15. The largest absolute Gasteiger partial charge is 0.505 e. The van der Waals surface area contributed by atoms with Gasteiger partial charge in [0.25, 0.3) is 5.91 Å². The van der Waals surface area contributed by atoms with Gasteiger partial charge in [-0.05, 0) is 61.3 Å². The normalized spacial score (nSPS) is 19.3. The molecule has 0 bridgehead atoms. The number of ether oxygens (including phenoxy) is 2. The van der Waals surface area contributed by atoms with Crippen LogP contribution in [0.5, 0.6) is 17.2 Å². The number of rotatable bonds is 12. The Morgan fingerprint density at radius 2 is 1.79 bits per heavy atom. The van der Waals surface area contributed by atoms with Crippen LogP contribution in [-0.4, -0.2) is 58.7 Å². The molecule has 0 saturated heterocycles. The lowest BCUT2D eigenvalue weighted by Crippen LogP contribution is -2.43. The predicted octanol–water partition coefficient (Wildman–Crippen LogP) is 4.12. The second-order valence-electron chi connectivity index (χ2n) is 10.4. The molecule has 2 amide bonds. The average Bonchev–Trinajstić information content (AvgIpc) is 3.23. The van der Waals surface area contributed by atoms with Gasteiger partial charge in [-0.2, -0.15) is 0 Å². The van der Waals surface area contributed by atoms with Crippen molar-refractivity contribution in [1.29, 1.82) is 0 Å². The summed E-state index contributed by atoms with van der Waals surface area (Å²) in [5.41, 5.74) is 0.629. The first-order valence-corrected chi connectivity index (χ1v) is 13.4. The van der Waals surface area contributed by atoms with Gasteiger partial charge in [0.15, 0.2) is 17.6 Å². The van der Waals surface area contributed by atoms with E-state index in [-0.39, 0.29) is 18.1 Å². The van der Waals surface area contributed by atoms with Crippen molar-refractivity contribution >= 4 is 17.8 Å². The molecule has 1 aliphatic carbocycles. The summed E-state index contributed by atoms with van der Waals surface area (Å²) in [7, 11) is 0. The van der Waals surface area contributed by atoms with Gasteiger partial charge in [-0.25, -0.2) is 9.18 Å². The van der Waals surface area contributed by atoms with Gasteiger partial charge in [-0.3, -0.25) is 9.59 Å². The second kappa shape index (κ2) is 12.8. The summed E-state index contributed by atoms with van der Waals surface area (Å²) < 4.78 is 25.7. The molecule has 2 aromatic carbocycles. The number of amides is 2. The highest BCUT2D eigenvalue weighted by atomic mass is 19.1. The number of carboxylic acids is 1. The number of aromatic hydroxyl groups is 1. The lowest BCUT2D eigenvalue weighted by molar-refractivity contribution is -0.142. The molecule has 0 aromatic heterocycles. The summed E-state index contributed by atoms with van der Waals surface area (Å²) in [5, 5.41) is 21.1. The van der Waals surface area contributed by atoms with Gasteiger partial charge < -0.3 is 29.9 Å². The van der Waals surface area contributed by atoms with E-state index in [0.717, 1.165) is 38.5 Å². The molecule has 1 aliphatic heterocycles. The first-order chi connectivity index (χ1) is 18.7. The molecule has 2 aliphatic rings. The van der Waals surface area contributed by atoms with E-state index in [2.05, 4.69) is 5.32 Å². The zero-order valence-electron chi connectivity index (χ0n) is 22.0. The fourth-order valence-corrected chi connectivity index (χ4v) is 5.31. The first kappa shape index (κ1) is 28.2. The molecule has 1 unspecified atom stereocenters. The smallest absolute Gasteiger partial charge is 0.329 e. The highest BCUT2D eigenvalue weighted by Gasteiger charge is 2.32. The molecule has 0 radical (unpaired) electrons. The standard InChI is InChI=1S/C29H35FN2O7/c1-18(33)31-24(29(36)37)17-39-23-6-2-5-22(14-23)38-16-20-9-7-19(8-10-20)4-3-13-32-15-21-11-12-25(34)27(30)26(21)28(32)35/h2,5-6,11-12,14,19-20,24,34H,3-4,7-10,13,15-17H2,1H3,(H,31,33)(H,36,37). The van der Waals surface area contributed by atoms with Gasteiger partial charge in [0.05, 0.1) is 12.2 Å². The van der Waals surface area contributed by atoms with Crippen LogP contribution in [0.1, 0.15) is 61.4 Å². The fraction of sp³-hybridized carbons (Fsp3) is 0.483. The Hall–Kier alpha value is -3.82. The van der Waals surface area contributed by atoms with Crippen LogP contribution in [0.15, 0.2) is 36.4 Å². The number of fused-ring (bicyclic) bond motifs is 1. The first-order valence-electron chi connectivity index (χ1n) is 13.4. The number of nitrogens with one attached hydrogen (secondary N) is 1. The quantitative estimate of drug-likeness (QED) is 0.368. The van der Waals surface area contributed by atoms with Crippen LogP contribution in [0.3, 0.4) is 0 Å². The number of hydrogen-bond acceptors (Lipinski definition) is 6. The van der Waals surface area contributed by atoms with E-state index < -0.39 is 29.5 Å². The van der Waals surface area contributed by atoms with Crippen LogP contribution >= 0.6 is 0 Å². The van der Waals surface area contributed by atoms with Crippen LogP contribution in [-0.2, 0) is 16.1 Å². The molecule has 1 saturated carbocycles. The third-order valence-corrected chi connectivity index (χ3v) is 7.46. The van der Waals surface area contributed by atoms with Crippen molar-refractivity contribution < 1.29 is 38.5 Å². The molecule has 210 valence electrons. The number of aliphatic carboxylic acids is 1. The monoisotopic (exact) mass is 542 g/mol. The van der Waals surface area contributed by atoms with Crippen molar-refractivity contribution in [3.05, 3.63) is 53.3 Å². The zero-order valence-corrected chi connectivity index (χ0v) is 22.0. The Balaban J connectivity index is 1.15. The summed E-state index contributed by atoms with van der Waals surface area (Å²) in [6, 6.07) is 8.80. The van der Waals surface area contributed by atoms with E-state index in [0.29, 0.717) is 48.6 Å². The highest BCUT2D eigenvalue weighted by Crippen LogP contribution is 2.34. The maximum Gasteiger partial charge on any atom is 0.329 e. The lowest BCUT2D eigenvalue weighted by atomic mass is 9.80. The summed E-state index contributed by atoms with van der Waals surface area (Å²) in [4.78, 5) is 36.6. The van der Waals surface area contributed by atoms with Crippen molar-refractivity contribution in [1.82, 2.24) is 10.2 Å². The Morgan fingerprint density at radius 1 is 1.10 bits per heavy atom. The van der Waals surface area contributed by atoms with Crippen molar-refractivity contribution in [2.75, 3.05) is 19.8 Å². The molecule has 1 fully saturated rings. The molecule has 1 atom stereocenters. The van der Waals surface area contributed by atoms with Gasteiger partial charge in [0.1, 0.15) is 18.1 Å². The maximum atomic E-state index is 14.1. The maximum absolute atomic E-state index is 14.1. The number of carboxylic acid groups (broad SMARTS) is 1. The highest BCUT2D eigenvalue weighted by molar-refractivity contribution is 5.99. The van der Waals surface area contributed by atoms with Crippen LogP contribution in [0.4, 0.5) is 4.39 Å². The molecule has 4 rings (SSSR count). The van der Waals surface area contributed by atoms with Crippen molar-refractivity contribution in [3.63, 3.8) is 0 Å². The molecule has 3 N–H and O–H groups in total. The van der Waals surface area contributed by atoms with E-state index >= 15 is 0 Å². The molecular weight excluding hydrogens is 507 g/mol. The van der Waals surface area contributed by atoms with E-state index in [9.17, 15) is 29.0 Å². The number of benzene rings is 2. The zero-order chi connectivity index (χ0) is 27.9. The molecule has 2 aromatic rings. The number of halogens is 1. The minimum Gasteiger partial charge on any atom is -0.505 e. The third-order valence-electron chi connectivity index (χ3n) is 7.46. The minimum absolute atomic E-state index is 0.00190. The topological polar surface area (TPSA) is 125 Å². The van der Waals surface area contributed by atoms with E-state index in [1.165, 1.54) is 13.0 Å². The average molecular weight is 543 g/mol. The molecule has 0 spiro atoms. The molecule has 39 heavy (non-hydrogen) atoms. The number of phenolic OH excluding ortho intramolecular Hbond substituents is 1. The molecule has 1 heterocycles. The number of nitrogens with zero attached hydrogens (tertiary/aromatic N) is 1. The third kappa shape index (κ3) is 7.40. The van der Waals surface area contributed by atoms with Gasteiger partial charge >= 0.3 is 5.97 Å². The van der Waals surface area contributed by atoms with E-state index in [4.69, 9.17) is 9.47 Å². The lowest BCUT2D eigenvalue weighted by Gasteiger charge is -2.29. The minimum atomic E-state index is -1.17. The Labute approximate surface area is 226 Å². The molecule has 9 nitrogen and oxygen atoms in total. The number of hydrogen-bond donors (Lipinski definition) is 3. The van der Waals surface area contributed by atoms with Gasteiger partial charge in [-0.1, -0.05) is 25.0 Å². The van der Waals surface area contributed by atoms with Crippen LogP contribution in [0.2, 0.25) is 0 Å². The molecule has 10 heteroatoms. The van der Waals surface area contributed by atoms with Crippen molar-refractivity contribution in [3.8, 4) is 17.2 Å². The Bertz CT molecular complexity index is 1200. The Kier molecular flexibility index (Phi) is 9.27. The number of phenols is 1. The number of carbonyl (C=O) groups excluding carboxylic acids is 2. The summed E-state index contributed by atoms with van der Waals surface area (Å²) in [5.74, 6) is -1.13. The van der Waals surface area contributed by atoms with Gasteiger partial charge in [0.2, 0.25) is 5.91 Å². The van der Waals surface area contributed by atoms with Crippen LogP contribution < -0.4 is 14.8 Å². The SMILES string of the molecule is CC(=O)NC(COc1cccc(OCC2CCC(CCCN3Cc4ccc(O)c(F)c4C3=O)CC2)c1)C(=O)O. The Morgan fingerprint density at radius 3 is 2.49 bits per heavy atom. The second-order valence-corrected chi connectivity index (χ2v) is 10.4. The summed E-state index contributed by atoms with van der Waals surface area (Å²) in [6.45, 7) is 2.61. The van der Waals surface area contributed by atoms with Crippen LogP contribution in [0.25, 0.3) is 0 Å². The van der Waals surface area contributed by atoms with Crippen LogP contribution in [0, 0.1) is 17.7 Å². The van der Waals surface area contributed by atoms with Gasteiger partial charge in [0, 0.05) is 26.1 Å². The number of carbonyl (C=O) groups is 3. The van der Waals surface area contributed by atoms with E-state index in [1.54, 1.807) is 29.2 Å². The van der Waals surface area contributed by atoms with Crippen molar-refractivity contribution in [2.24, 2.45) is 11.8 Å². The molecular formula is C29H35FN2O7. The van der Waals surface area contributed by atoms with Crippen molar-refractivity contribution in [2.45, 2.75) is 58.0 Å². The predicted molar refractivity (Wildman–Crippen MR) is 140 cm³/mol. The van der Waals surface area contributed by atoms with Gasteiger partial charge in [-0.15, -0.1) is 0 Å². The fourth-order valence-electron chi connectivity index (χ4n) is 5.31. The van der Waals surface area contributed by atoms with E-state index in [1.807, 2.05) is 6.07 Å².